The van der Waals surface area contributed by atoms with Crippen LogP contribution in [0.1, 0.15) is 17.0 Å². The number of nitrogens with zero attached hydrogens (tertiary/aromatic N) is 3. The molecular formula is C20H20BrN3OS. The molecular weight excluding hydrogens is 410 g/mol. The van der Waals surface area contributed by atoms with E-state index in [0.29, 0.717) is 13.2 Å². The first-order chi connectivity index (χ1) is 12.7. The highest BCUT2D eigenvalue weighted by Gasteiger charge is 2.12. The summed E-state index contributed by atoms with van der Waals surface area (Å²) < 4.78 is 9.01. The lowest BCUT2D eigenvalue weighted by Gasteiger charge is -2.09. The van der Waals surface area contributed by atoms with Gasteiger partial charge in [-0.15, -0.1) is 16.8 Å². The second-order valence-electron chi connectivity index (χ2n) is 5.82. The fourth-order valence-corrected chi connectivity index (χ4v) is 3.61. The zero-order chi connectivity index (χ0) is 18.4. The third-order valence-corrected chi connectivity index (χ3v) is 5.31. The highest BCUT2D eigenvalue weighted by molar-refractivity contribution is 9.10. The standard InChI is InChI=1S/C20H20BrN3OS/c1-3-11-24-19(13-25-18-6-4-5-15(2)12-18)22-23-20(24)26-14-16-7-9-17(21)10-8-16/h3-10,12H,1,11,13-14H2,2H3. The molecule has 0 radical (unpaired) electrons. The fraction of sp³-hybridized carbons (Fsp3) is 0.200. The van der Waals surface area contributed by atoms with Crippen LogP contribution in [0.4, 0.5) is 0 Å². The van der Waals surface area contributed by atoms with Crippen LogP contribution in [0.5, 0.6) is 5.75 Å². The van der Waals surface area contributed by atoms with E-state index >= 15 is 0 Å². The van der Waals surface area contributed by atoms with Gasteiger partial charge in [0.05, 0.1) is 0 Å². The third-order valence-electron chi connectivity index (χ3n) is 3.74. The van der Waals surface area contributed by atoms with Crippen LogP contribution >= 0.6 is 27.7 Å². The summed E-state index contributed by atoms with van der Waals surface area (Å²) in [4.78, 5) is 0. The van der Waals surface area contributed by atoms with Crippen molar-refractivity contribution in [2.24, 2.45) is 0 Å². The first-order valence-electron chi connectivity index (χ1n) is 8.25. The Kier molecular flexibility index (Phi) is 6.52. The van der Waals surface area contributed by atoms with Crippen molar-refractivity contribution in [3.05, 3.63) is 82.6 Å². The van der Waals surface area contributed by atoms with Crippen molar-refractivity contribution in [1.29, 1.82) is 0 Å². The Labute approximate surface area is 166 Å². The van der Waals surface area contributed by atoms with Crippen LogP contribution in [0.2, 0.25) is 0 Å². The van der Waals surface area contributed by atoms with E-state index in [2.05, 4.69) is 44.8 Å². The van der Waals surface area contributed by atoms with Gasteiger partial charge in [-0.3, -0.25) is 4.57 Å². The average molecular weight is 430 g/mol. The summed E-state index contributed by atoms with van der Waals surface area (Å²) >= 11 is 5.12. The molecule has 4 nitrogen and oxygen atoms in total. The van der Waals surface area contributed by atoms with Gasteiger partial charge in [0.1, 0.15) is 12.4 Å². The Morgan fingerprint density at radius 2 is 2.00 bits per heavy atom. The fourth-order valence-electron chi connectivity index (χ4n) is 2.43. The lowest BCUT2D eigenvalue weighted by atomic mass is 10.2. The van der Waals surface area contributed by atoms with E-state index in [0.717, 1.165) is 27.0 Å². The van der Waals surface area contributed by atoms with Crippen LogP contribution in [0.3, 0.4) is 0 Å². The minimum Gasteiger partial charge on any atom is -0.486 e. The minimum absolute atomic E-state index is 0.378. The number of thioether (sulfide) groups is 1. The van der Waals surface area contributed by atoms with Crippen LogP contribution in [0.25, 0.3) is 0 Å². The first-order valence-corrected chi connectivity index (χ1v) is 10.0. The maximum absolute atomic E-state index is 5.88. The van der Waals surface area contributed by atoms with Gasteiger partial charge >= 0.3 is 0 Å². The van der Waals surface area contributed by atoms with E-state index in [1.54, 1.807) is 11.8 Å². The molecule has 0 saturated heterocycles. The molecule has 2 aromatic carbocycles. The third kappa shape index (κ3) is 4.99. The number of allylic oxidation sites excluding steroid dienone is 1. The van der Waals surface area contributed by atoms with Gasteiger partial charge < -0.3 is 4.74 Å². The molecule has 1 aromatic heterocycles. The quantitative estimate of drug-likeness (QED) is 0.354. The molecule has 0 N–H and O–H groups in total. The first kappa shape index (κ1) is 18.7. The van der Waals surface area contributed by atoms with E-state index in [1.165, 1.54) is 11.1 Å². The molecule has 0 aliphatic carbocycles. The van der Waals surface area contributed by atoms with Gasteiger partial charge in [0.25, 0.3) is 0 Å². The number of ether oxygens (including phenoxy) is 1. The molecule has 0 amide bonds. The minimum atomic E-state index is 0.378. The Morgan fingerprint density at radius 1 is 1.19 bits per heavy atom. The Morgan fingerprint density at radius 3 is 2.73 bits per heavy atom. The van der Waals surface area contributed by atoms with E-state index in [9.17, 15) is 0 Å². The van der Waals surface area contributed by atoms with Gasteiger partial charge in [0, 0.05) is 16.8 Å². The molecule has 0 aliphatic rings. The van der Waals surface area contributed by atoms with Gasteiger partial charge in [-0.1, -0.05) is 58.0 Å². The van der Waals surface area contributed by atoms with Gasteiger partial charge in [-0.2, -0.15) is 0 Å². The normalized spacial score (nSPS) is 10.7. The highest BCUT2D eigenvalue weighted by Crippen LogP contribution is 2.24. The maximum Gasteiger partial charge on any atom is 0.191 e. The molecule has 0 saturated carbocycles. The molecule has 26 heavy (non-hydrogen) atoms. The van der Waals surface area contributed by atoms with Gasteiger partial charge in [-0.25, -0.2) is 0 Å². The molecule has 6 heteroatoms. The predicted octanol–water partition coefficient (Wildman–Crippen LogP) is 5.41. The molecule has 3 aromatic rings. The number of aromatic nitrogens is 3. The zero-order valence-corrected chi connectivity index (χ0v) is 17.0. The van der Waals surface area contributed by atoms with E-state index < -0.39 is 0 Å². The molecule has 1 heterocycles. The summed E-state index contributed by atoms with van der Waals surface area (Å²) in [7, 11) is 0. The van der Waals surface area contributed by atoms with Crippen LogP contribution in [-0.2, 0) is 18.9 Å². The van der Waals surface area contributed by atoms with E-state index in [-0.39, 0.29) is 0 Å². The number of hydrogen-bond acceptors (Lipinski definition) is 4. The van der Waals surface area contributed by atoms with Crippen molar-refractivity contribution in [3.8, 4) is 5.75 Å². The summed E-state index contributed by atoms with van der Waals surface area (Å²) in [6, 6.07) is 16.3. The van der Waals surface area contributed by atoms with Crippen molar-refractivity contribution in [3.63, 3.8) is 0 Å². The number of aryl methyl sites for hydroxylation is 1. The van der Waals surface area contributed by atoms with Crippen molar-refractivity contribution in [1.82, 2.24) is 14.8 Å². The summed E-state index contributed by atoms with van der Waals surface area (Å²) in [5.41, 5.74) is 2.41. The topological polar surface area (TPSA) is 39.9 Å². The number of benzene rings is 2. The molecule has 134 valence electrons. The van der Waals surface area contributed by atoms with Gasteiger partial charge in [0.15, 0.2) is 11.0 Å². The van der Waals surface area contributed by atoms with Crippen LogP contribution in [-0.4, -0.2) is 14.8 Å². The zero-order valence-electron chi connectivity index (χ0n) is 14.6. The molecule has 0 spiro atoms. The monoisotopic (exact) mass is 429 g/mol. The van der Waals surface area contributed by atoms with Crippen LogP contribution in [0, 0.1) is 6.92 Å². The number of rotatable bonds is 8. The number of halogens is 1. The van der Waals surface area contributed by atoms with Crippen molar-refractivity contribution >= 4 is 27.7 Å². The van der Waals surface area contributed by atoms with Crippen LogP contribution in [0.15, 0.2) is 70.8 Å². The second-order valence-corrected chi connectivity index (χ2v) is 7.68. The molecule has 0 atom stereocenters. The average Bonchev–Trinajstić information content (AvgIpc) is 3.02. The van der Waals surface area contributed by atoms with Crippen LogP contribution < -0.4 is 4.74 Å². The Bertz CT molecular complexity index is 877. The lowest BCUT2D eigenvalue weighted by Crippen LogP contribution is -2.07. The second kappa shape index (κ2) is 9.05. The summed E-state index contributed by atoms with van der Waals surface area (Å²) in [5.74, 6) is 2.47. The van der Waals surface area contributed by atoms with Crippen molar-refractivity contribution in [2.75, 3.05) is 0 Å². The Balaban J connectivity index is 1.68. The van der Waals surface area contributed by atoms with E-state index in [1.807, 2.05) is 54.0 Å². The largest absolute Gasteiger partial charge is 0.486 e. The molecule has 0 aliphatic heterocycles. The SMILES string of the molecule is C=CCn1c(COc2cccc(C)c2)nnc1SCc1ccc(Br)cc1. The maximum atomic E-state index is 5.88. The predicted molar refractivity (Wildman–Crippen MR) is 109 cm³/mol. The van der Waals surface area contributed by atoms with Gasteiger partial charge in [-0.05, 0) is 42.3 Å². The summed E-state index contributed by atoms with van der Waals surface area (Å²) in [5, 5.41) is 9.52. The lowest BCUT2D eigenvalue weighted by molar-refractivity contribution is 0.289. The van der Waals surface area contributed by atoms with E-state index in [4.69, 9.17) is 4.74 Å². The summed E-state index contributed by atoms with van der Waals surface area (Å²) in [6.45, 7) is 6.92. The smallest absolute Gasteiger partial charge is 0.191 e. The van der Waals surface area contributed by atoms with Crippen molar-refractivity contribution in [2.45, 2.75) is 31.0 Å². The Hall–Kier alpha value is -2.05. The molecule has 0 unspecified atom stereocenters. The van der Waals surface area contributed by atoms with Crippen molar-refractivity contribution < 1.29 is 4.74 Å². The summed E-state index contributed by atoms with van der Waals surface area (Å²) in [6.07, 6.45) is 1.85. The van der Waals surface area contributed by atoms with Gasteiger partial charge in [0.2, 0.25) is 0 Å². The molecule has 0 fully saturated rings. The number of hydrogen-bond donors (Lipinski definition) is 0. The highest BCUT2D eigenvalue weighted by atomic mass is 79.9. The molecule has 0 bridgehead atoms. The molecule has 3 rings (SSSR count).